The Morgan fingerprint density at radius 1 is 0.764 bits per heavy atom. The molecule has 0 unspecified atom stereocenters. The molecule has 3 aliphatic rings. The van der Waals surface area contributed by atoms with Gasteiger partial charge < -0.3 is 44.1 Å². The van der Waals surface area contributed by atoms with E-state index in [0.29, 0.717) is 98.7 Å². The Labute approximate surface area is 522 Å². The summed E-state index contributed by atoms with van der Waals surface area (Å²) in [5, 5.41) is 18.2. The number of nitrogens with one attached hydrogen (secondary N) is 3. The van der Waals surface area contributed by atoms with Gasteiger partial charge in [0.15, 0.2) is 5.11 Å². The van der Waals surface area contributed by atoms with Crippen LogP contribution < -0.4 is 35.4 Å². The molecule has 3 heterocycles. The summed E-state index contributed by atoms with van der Waals surface area (Å²) in [5.74, 6) is 1.39. The molecule has 9 rings (SSSR count). The molecule has 1 saturated carbocycles. The van der Waals surface area contributed by atoms with Gasteiger partial charge in [-0.1, -0.05) is 61.4 Å². The van der Waals surface area contributed by atoms with Crippen molar-refractivity contribution in [1.29, 1.82) is 5.26 Å². The fourth-order valence-corrected chi connectivity index (χ4v) is 11.9. The number of aryl methyl sites for hydroxylation is 1. The molecular formula is C67H74F3N9O9S. The van der Waals surface area contributed by atoms with Crippen molar-refractivity contribution in [1.82, 2.24) is 20.6 Å². The predicted octanol–water partition coefficient (Wildman–Crippen LogP) is 12.1. The van der Waals surface area contributed by atoms with Gasteiger partial charge in [0.05, 0.1) is 74.3 Å². The number of hydrogen-bond donors (Lipinski definition) is 3. The molecule has 5 aromatic carbocycles. The molecule has 4 amide bonds. The number of aromatic nitrogens is 2. The molecule has 22 heteroatoms. The molecule has 468 valence electrons. The maximum absolute atomic E-state index is 14.0. The number of amides is 4. The molecule has 2 saturated heterocycles. The first kappa shape index (κ1) is 65.0. The van der Waals surface area contributed by atoms with E-state index in [9.17, 15) is 37.6 Å². The molecule has 1 aliphatic carbocycles. The van der Waals surface area contributed by atoms with Crippen LogP contribution in [0.1, 0.15) is 113 Å². The van der Waals surface area contributed by atoms with E-state index in [1.165, 1.54) is 6.07 Å². The van der Waals surface area contributed by atoms with Crippen LogP contribution in [0.2, 0.25) is 0 Å². The van der Waals surface area contributed by atoms with Crippen molar-refractivity contribution in [3.8, 4) is 34.1 Å². The van der Waals surface area contributed by atoms with E-state index in [-0.39, 0.29) is 28.7 Å². The minimum absolute atomic E-state index is 0.0137. The average molecular weight is 1240 g/mol. The highest BCUT2D eigenvalue weighted by molar-refractivity contribution is 7.81. The molecule has 4 atom stereocenters. The Morgan fingerprint density at radius 3 is 1.96 bits per heavy atom. The Balaban J connectivity index is 0.662. The number of alkyl halides is 3. The zero-order chi connectivity index (χ0) is 63.6. The molecule has 2 aliphatic heterocycles. The predicted molar refractivity (Wildman–Crippen MR) is 337 cm³/mol. The molecule has 18 nitrogen and oxygen atoms in total. The number of halogens is 3. The lowest BCUT2D eigenvalue weighted by Gasteiger charge is -2.35. The van der Waals surface area contributed by atoms with Gasteiger partial charge in [-0.3, -0.25) is 24.6 Å². The monoisotopic (exact) mass is 1240 g/mol. The summed E-state index contributed by atoms with van der Waals surface area (Å²) >= 11 is 5.69. The van der Waals surface area contributed by atoms with Crippen molar-refractivity contribution in [2.45, 2.75) is 116 Å². The number of nitrogens with zero attached hydrogens (tertiary/aromatic N) is 6. The van der Waals surface area contributed by atoms with E-state index in [1.807, 2.05) is 80.6 Å². The summed E-state index contributed by atoms with van der Waals surface area (Å²) in [7, 11) is 0. The molecular weight excluding hydrogens is 1160 g/mol. The largest absolute Gasteiger partial charge is 0.491 e. The van der Waals surface area contributed by atoms with E-state index in [0.717, 1.165) is 71.4 Å². The minimum Gasteiger partial charge on any atom is -0.491 e. The highest BCUT2D eigenvalue weighted by Crippen LogP contribution is 2.43. The van der Waals surface area contributed by atoms with Gasteiger partial charge in [-0.15, -0.1) is 0 Å². The fourth-order valence-electron chi connectivity index (χ4n) is 11.4. The first-order valence-corrected chi connectivity index (χ1v) is 30.2. The van der Waals surface area contributed by atoms with Gasteiger partial charge in [0.2, 0.25) is 5.91 Å². The number of thiocarbonyl (C=S) groups is 1. The Morgan fingerprint density at radius 2 is 1.34 bits per heavy atom. The lowest BCUT2D eigenvalue weighted by molar-refractivity contribution is -0.137. The zero-order valence-corrected chi connectivity index (χ0v) is 51.8. The van der Waals surface area contributed by atoms with Gasteiger partial charge in [-0.05, 0) is 175 Å². The summed E-state index contributed by atoms with van der Waals surface area (Å²) in [5.41, 5.74) is 2.32. The minimum atomic E-state index is -4.80. The van der Waals surface area contributed by atoms with Crippen molar-refractivity contribution in [2.24, 2.45) is 5.92 Å². The molecule has 1 aromatic heterocycles. The number of carbonyl (C=O) groups excluding carboxylic acids is 4. The van der Waals surface area contributed by atoms with Crippen molar-refractivity contribution in [2.75, 3.05) is 72.8 Å². The summed E-state index contributed by atoms with van der Waals surface area (Å²) in [6.45, 7) is 15.2. The molecule has 6 aromatic rings. The van der Waals surface area contributed by atoms with Crippen molar-refractivity contribution in [3.05, 3.63) is 150 Å². The molecule has 3 N–H and O–H groups in total. The lowest BCUT2D eigenvalue weighted by Crippen LogP contribution is -2.48. The van der Waals surface area contributed by atoms with E-state index >= 15 is 0 Å². The molecule has 0 bridgehead atoms. The topological polar surface area (TPSA) is 210 Å². The van der Waals surface area contributed by atoms with Crippen LogP contribution in [0.4, 0.5) is 40.8 Å². The van der Waals surface area contributed by atoms with Gasteiger partial charge in [-0.25, -0.2) is 14.8 Å². The van der Waals surface area contributed by atoms with Gasteiger partial charge in [0, 0.05) is 35.6 Å². The van der Waals surface area contributed by atoms with Gasteiger partial charge in [-0.2, -0.15) is 18.4 Å². The van der Waals surface area contributed by atoms with Crippen molar-refractivity contribution >= 4 is 64.0 Å². The summed E-state index contributed by atoms with van der Waals surface area (Å²) in [4.78, 5) is 67.8. The first-order chi connectivity index (χ1) is 42.5. The van der Waals surface area contributed by atoms with Gasteiger partial charge in [0.25, 0.3) is 11.8 Å². The normalized spacial score (nSPS) is 17.6. The van der Waals surface area contributed by atoms with Gasteiger partial charge in [0.1, 0.15) is 41.2 Å². The second-order valence-electron chi connectivity index (χ2n) is 23.7. The number of ether oxygens (including phenoxy) is 5. The third kappa shape index (κ3) is 16.1. The highest BCUT2D eigenvalue weighted by Gasteiger charge is 2.51. The highest BCUT2D eigenvalue weighted by atomic mass is 32.1. The van der Waals surface area contributed by atoms with E-state index in [1.54, 1.807) is 82.0 Å². The maximum Gasteiger partial charge on any atom is 0.417 e. The number of fused-ring (bicyclic) bond motifs is 1. The number of carbonyl (C=O) groups is 4. The van der Waals surface area contributed by atoms with Crippen LogP contribution in [0.3, 0.4) is 0 Å². The van der Waals surface area contributed by atoms with Crippen molar-refractivity contribution < 1.29 is 56.0 Å². The van der Waals surface area contributed by atoms with E-state index < -0.39 is 52.5 Å². The van der Waals surface area contributed by atoms with Crippen LogP contribution in [-0.4, -0.2) is 115 Å². The van der Waals surface area contributed by atoms with E-state index in [4.69, 9.17) is 45.9 Å². The van der Waals surface area contributed by atoms with Crippen LogP contribution in [-0.2, 0) is 34.7 Å². The van der Waals surface area contributed by atoms with Crippen LogP contribution in [0.5, 0.6) is 5.75 Å². The fraction of sp³-hybridized carbons (Fsp3) is 0.403. The second-order valence-corrected chi connectivity index (χ2v) is 24.0. The summed E-state index contributed by atoms with van der Waals surface area (Å²) in [6, 6.07) is 35.4. The third-order valence-corrected chi connectivity index (χ3v) is 16.1. The number of benzene rings is 5. The third-order valence-electron chi connectivity index (χ3n) is 15.8. The Hall–Kier alpha value is -8.49. The smallest absolute Gasteiger partial charge is 0.417 e. The summed E-state index contributed by atoms with van der Waals surface area (Å²) in [6.07, 6.45) is -0.409. The summed E-state index contributed by atoms with van der Waals surface area (Å²) < 4.78 is 69.8. The number of anilines is 4. The van der Waals surface area contributed by atoms with Gasteiger partial charge >= 0.3 is 12.3 Å². The Bertz CT molecular complexity index is 3540. The Kier molecular flexibility index (Phi) is 20.7. The van der Waals surface area contributed by atoms with Crippen LogP contribution in [0.15, 0.2) is 121 Å². The molecule has 89 heavy (non-hydrogen) atoms. The van der Waals surface area contributed by atoms with Crippen LogP contribution in [0.25, 0.3) is 22.3 Å². The first-order valence-electron chi connectivity index (χ1n) is 29.8. The number of nitriles is 1. The van der Waals surface area contributed by atoms with Crippen molar-refractivity contribution in [3.63, 3.8) is 0 Å². The zero-order valence-electron chi connectivity index (χ0n) is 50.9. The number of hydrogen-bond acceptors (Lipinski definition) is 14. The molecule has 3 fully saturated rings. The lowest BCUT2D eigenvalue weighted by atomic mass is 9.84. The number of rotatable bonds is 23. The second kappa shape index (κ2) is 28.3. The van der Waals surface area contributed by atoms with Crippen LogP contribution in [0, 0.1) is 24.2 Å². The maximum atomic E-state index is 14.0. The van der Waals surface area contributed by atoms with E-state index in [2.05, 4.69) is 20.9 Å². The average Bonchev–Trinajstić information content (AvgIpc) is 1.65. The molecule has 0 spiro atoms. The molecule has 0 radical (unpaired) electrons. The standard InChI is InChI=1S/C67H74F3N9O9S/c1-42(73-60(80)48-14-12-44(13-15-48)45-16-23-51(24-17-45)76-63(83)88-65(3,4)5)56-40-59(75-43(2)74-56)78-57-11-9-8-10-49(57)38-58(78)61(81)72-30-31-84-32-33-85-34-35-86-36-37-87-54-28-21-47(22-29-54)46-18-25-52(26-19-46)79-64(89)77(62(82)66(79,6)7)53-27-20-50(41-71)55(39-53)67(68,69)70/h12-29,39-40,42,49,57-58H,8-11,30-38H2,1-7H3,(H,72,81)(H,73,80)(H,76,83)/t42-,49-,57-,58-/m0/s1. The quantitative estimate of drug-likeness (QED) is 0.0402. The van der Waals surface area contributed by atoms with Crippen LogP contribution >= 0.6 is 12.2 Å². The SMILES string of the molecule is Cc1nc([C@H](C)NC(=O)c2ccc(-c3ccc(NC(=O)OC(C)(C)C)cc3)cc2)cc(N2[C@H](C(=O)NCCOCCOCCOCCOc3ccc(-c4ccc(N5C(=S)N(c6ccc(C#N)c(C(F)(F)F)c6)C(=O)C5(C)C)cc4)cc3)C[C@@H]3CCCC[C@@H]32)n1.